The molecule has 2 unspecified atom stereocenters. The second-order valence-electron chi connectivity index (χ2n) is 6.31. The van der Waals surface area contributed by atoms with Crippen molar-refractivity contribution in [3.8, 4) is 0 Å². The fourth-order valence-electron chi connectivity index (χ4n) is 3.62. The molecule has 114 valence electrons. The maximum atomic E-state index is 12.8. The monoisotopic (exact) mass is 299 g/mol. The minimum atomic E-state index is -0.0722. The number of hydrogen-bond donors (Lipinski definition) is 0. The van der Waals surface area contributed by atoms with E-state index < -0.39 is 0 Å². The molecule has 0 aliphatic carbocycles. The van der Waals surface area contributed by atoms with Crippen LogP contribution in [0.2, 0.25) is 0 Å². The van der Waals surface area contributed by atoms with Crippen molar-refractivity contribution in [2.24, 2.45) is 5.92 Å². The van der Waals surface area contributed by atoms with Crippen LogP contribution in [0.15, 0.2) is 0 Å². The minimum Gasteiger partial charge on any atom is -0.381 e. The molecular formula is C15H25NO3S. The number of carbonyl (C=O) groups is 1. The average Bonchev–Trinajstić information content (AvgIpc) is 2.48. The number of thioether (sulfide) groups is 1. The zero-order chi connectivity index (χ0) is 14.0. The molecule has 0 amide bonds. The average molecular weight is 299 g/mol. The summed E-state index contributed by atoms with van der Waals surface area (Å²) in [4.78, 5) is 15.1. The number of likely N-dealkylation sites (N-methyl/N-ethyl adjacent to an activating group) is 1. The van der Waals surface area contributed by atoms with Crippen molar-refractivity contribution in [1.82, 2.24) is 4.90 Å². The summed E-state index contributed by atoms with van der Waals surface area (Å²) in [5.74, 6) is 2.75. The molecule has 0 saturated carbocycles. The van der Waals surface area contributed by atoms with E-state index in [2.05, 4.69) is 11.9 Å². The lowest BCUT2D eigenvalue weighted by molar-refractivity contribution is -0.159. The second kappa shape index (κ2) is 6.34. The van der Waals surface area contributed by atoms with Crippen LogP contribution in [0.1, 0.15) is 25.7 Å². The van der Waals surface area contributed by atoms with Crippen LogP contribution in [0, 0.1) is 5.92 Å². The smallest absolute Gasteiger partial charge is 0.154 e. The molecule has 3 aliphatic heterocycles. The summed E-state index contributed by atoms with van der Waals surface area (Å²) < 4.78 is 11.5. The first-order valence-corrected chi connectivity index (χ1v) is 8.89. The van der Waals surface area contributed by atoms with Crippen LogP contribution in [0.5, 0.6) is 0 Å². The molecule has 4 nitrogen and oxygen atoms in total. The lowest BCUT2D eigenvalue weighted by Gasteiger charge is -2.44. The summed E-state index contributed by atoms with van der Waals surface area (Å²) in [5, 5.41) is 0. The highest BCUT2D eigenvalue weighted by molar-refractivity contribution is 7.99. The summed E-state index contributed by atoms with van der Waals surface area (Å²) in [6.07, 6.45) is 3.71. The van der Waals surface area contributed by atoms with Crippen LogP contribution in [-0.2, 0) is 14.3 Å². The van der Waals surface area contributed by atoms with Crippen LogP contribution in [0.4, 0.5) is 0 Å². The van der Waals surface area contributed by atoms with Gasteiger partial charge in [-0.3, -0.25) is 9.69 Å². The first-order valence-electron chi connectivity index (χ1n) is 7.74. The Morgan fingerprint density at radius 1 is 1.30 bits per heavy atom. The van der Waals surface area contributed by atoms with Gasteiger partial charge in [0.05, 0.1) is 11.6 Å². The Labute approximate surface area is 125 Å². The van der Waals surface area contributed by atoms with Gasteiger partial charge in [-0.25, -0.2) is 0 Å². The largest absolute Gasteiger partial charge is 0.381 e. The van der Waals surface area contributed by atoms with E-state index in [1.807, 2.05) is 11.8 Å². The van der Waals surface area contributed by atoms with Gasteiger partial charge in [-0.05, 0) is 32.7 Å². The number of nitrogens with zero attached hydrogens (tertiary/aromatic N) is 1. The van der Waals surface area contributed by atoms with Crippen molar-refractivity contribution in [2.45, 2.75) is 37.3 Å². The van der Waals surface area contributed by atoms with Crippen LogP contribution in [0.3, 0.4) is 0 Å². The van der Waals surface area contributed by atoms with Crippen molar-refractivity contribution < 1.29 is 14.3 Å². The minimum absolute atomic E-state index is 0.0722. The molecule has 3 aliphatic rings. The van der Waals surface area contributed by atoms with E-state index in [0.29, 0.717) is 5.78 Å². The van der Waals surface area contributed by atoms with Crippen LogP contribution in [0.25, 0.3) is 0 Å². The highest BCUT2D eigenvalue weighted by Gasteiger charge is 2.43. The van der Waals surface area contributed by atoms with Crippen LogP contribution < -0.4 is 0 Å². The number of hydrogen-bond acceptors (Lipinski definition) is 5. The lowest BCUT2D eigenvalue weighted by atomic mass is 9.78. The third kappa shape index (κ3) is 3.06. The fourth-order valence-corrected chi connectivity index (χ4v) is 4.85. The Morgan fingerprint density at radius 3 is 2.85 bits per heavy atom. The molecule has 1 spiro atoms. The van der Waals surface area contributed by atoms with Gasteiger partial charge in [0, 0.05) is 43.8 Å². The zero-order valence-corrected chi connectivity index (χ0v) is 13.1. The van der Waals surface area contributed by atoms with E-state index in [0.717, 1.165) is 63.6 Å². The topological polar surface area (TPSA) is 38.8 Å². The molecule has 0 aromatic heterocycles. The molecule has 0 aromatic carbocycles. The lowest BCUT2D eigenvalue weighted by Crippen LogP contribution is -2.51. The highest BCUT2D eigenvalue weighted by atomic mass is 32.2. The molecule has 3 rings (SSSR count). The number of carbonyl (C=O) groups excluding carboxylic acids is 1. The molecule has 2 atom stereocenters. The Kier molecular flexibility index (Phi) is 4.70. The van der Waals surface area contributed by atoms with E-state index in [1.165, 1.54) is 0 Å². The SMILES string of the molecule is CN1CCSCC1C(=O)C1CCOC2(CCOCC2)C1. The van der Waals surface area contributed by atoms with Gasteiger partial charge >= 0.3 is 0 Å². The van der Waals surface area contributed by atoms with Gasteiger partial charge in [0.1, 0.15) is 0 Å². The van der Waals surface area contributed by atoms with Gasteiger partial charge in [0.25, 0.3) is 0 Å². The number of ketones is 1. The maximum Gasteiger partial charge on any atom is 0.154 e. The highest BCUT2D eigenvalue weighted by Crippen LogP contribution is 2.38. The summed E-state index contributed by atoms with van der Waals surface area (Å²) in [7, 11) is 2.09. The van der Waals surface area contributed by atoms with Gasteiger partial charge < -0.3 is 9.47 Å². The fraction of sp³-hybridized carbons (Fsp3) is 0.933. The van der Waals surface area contributed by atoms with Gasteiger partial charge in [0.2, 0.25) is 0 Å². The predicted molar refractivity (Wildman–Crippen MR) is 80.2 cm³/mol. The molecule has 20 heavy (non-hydrogen) atoms. The number of rotatable bonds is 2. The van der Waals surface area contributed by atoms with Gasteiger partial charge in [-0.1, -0.05) is 0 Å². The van der Waals surface area contributed by atoms with Gasteiger partial charge in [-0.15, -0.1) is 0 Å². The van der Waals surface area contributed by atoms with E-state index in [1.54, 1.807) is 0 Å². The van der Waals surface area contributed by atoms with Crippen molar-refractivity contribution in [3.05, 3.63) is 0 Å². The van der Waals surface area contributed by atoms with Crippen LogP contribution >= 0.6 is 11.8 Å². The summed E-state index contributed by atoms with van der Waals surface area (Å²) in [5.41, 5.74) is -0.0722. The summed E-state index contributed by atoms with van der Waals surface area (Å²) >= 11 is 1.91. The Hall–Kier alpha value is -0.100. The van der Waals surface area contributed by atoms with Gasteiger partial charge in [0.15, 0.2) is 5.78 Å². The normalized spacial score (nSPS) is 35.0. The van der Waals surface area contributed by atoms with E-state index in [4.69, 9.17) is 9.47 Å². The standard InChI is InChI=1S/C15H25NO3S/c1-16-5-9-20-11-13(16)14(17)12-2-6-19-15(10-12)3-7-18-8-4-15/h12-13H,2-11H2,1H3. The Balaban J connectivity index is 1.65. The van der Waals surface area contributed by atoms with E-state index in [9.17, 15) is 4.79 Å². The molecule has 3 heterocycles. The summed E-state index contributed by atoms with van der Waals surface area (Å²) in [6, 6.07) is 0.119. The number of ether oxygens (including phenoxy) is 2. The Bertz CT molecular complexity index is 352. The third-order valence-corrected chi connectivity index (χ3v) is 6.05. The van der Waals surface area contributed by atoms with Crippen LogP contribution in [-0.4, -0.2) is 67.2 Å². The molecule has 3 saturated heterocycles. The maximum absolute atomic E-state index is 12.8. The van der Waals surface area contributed by atoms with Crippen molar-refractivity contribution in [1.29, 1.82) is 0 Å². The van der Waals surface area contributed by atoms with Crippen molar-refractivity contribution in [3.63, 3.8) is 0 Å². The first-order chi connectivity index (χ1) is 9.70. The zero-order valence-electron chi connectivity index (χ0n) is 12.3. The van der Waals surface area contributed by atoms with Gasteiger partial charge in [-0.2, -0.15) is 11.8 Å². The van der Waals surface area contributed by atoms with E-state index in [-0.39, 0.29) is 17.6 Å². The first kappa shape index (κ1) is 14.8. The molecule has 5 heteroatoms. The quantitative estimate of drug-likeness (QED) is 0.774. The van der Waals surface area contributed by atoms with Crippen molar-refractivity contribution >= 4 is 17.5 Å². The molecular weight excluding hydrogens is 274 g/mol. The molecule has 0 N–H and O–H groups in total. The van der Waals surface area contributed by atoms with Crippen molar-refractivity contribution in [2.75, 3.05) is 44.9 Å². The molecule has 0 radical (unpaired) electrons. The second-order valence-corrected chi connectivity index (χ2v) is 7.46. The summed E-state index contributed by atoms with van der Waals surface area (Å²) in [6.45, 7) is 3.32. The molecule has 0 bridgehead atoms. The Morgan fingerprint density at radius 2 is 2.10 bits per heavy atom. The number of Topliss-reactive ketones (excluding diaryl/α,β-unsaturated/α-hetero) is 1. The predicted octanol–water partition coefficient (Wildman–Crippen LogP) is 1.58. The molecule has 3 fully saturated rings. The molecule has 0 aromatic rings. The van der Waals surface area contributed by atoms with E-state index >= 15 is 0 Å². The third-order valence-electron chi connectivity index (χ3n) is 5.02.